The number of allylic oxidation sites excluding steroid dienone is 7. The molecule has 90 valence electrons. The van der Waals surface area contributed by atoms with Gasteiger partial charge >= 0.3 is 0 Å². The molecule has 1 nitrogen and oxygen atoms in total. The van der Waals surface area contributed by atoms with E-state index >= 15 is 0 Å². The quantitative estimate of drug-likeness (QED) is 0.678. The fourth-order valence-corrected chi connectivity index (χ4v) is 2.47. The minimum Gasteiger partial charge on any atom is -0.265 e. The van der Waals surface area contributed by atoms with Crippen molar-refractivity contribution in [3.8, 4) is 0 Å². The Balaban J connectivity index is 2.03. The summed E-state index contributed by atoms with van der Waals surface area (Å²) in [6, 6.07) is 0. The second-order valence-corrected chi connectivity index (χ2v) is 5.11. The van der Waals surface area contributed by atoms with Crippen molar-refractivity contribution >= 4 is 5.71 Å². The Hall–Kier alpha value is -1.37. The molecule has 0 aromatic heterocycles. The van der Waals surface area contributed by atoms with Crippen molar-refractivity contribution in [2.75, 3.05) is 0 Å². The van der Waals surface area contributed by atoms with Gasteiger partial charge in [0.15, 0.2) is 0 Å². The number of nitrogens with zero attached hydrogens (tertiary/aromatic N) is 1. The lowest BCUT2D eigenvalue weighted by molar-refractivity contribution is 0.434. The predicted molar refractivity (Wildman–Crippen MR) is 75.0 cm³/mol. The summed E-state index contributed by atoms with van der Waals surface area (Å²) in [6.07, 6.45) is 19.4. The molecule has 0 radical (unpaired) electrons. The van der Waals surface area contributed by atoms with E-state index in [0.29, 0.717) is 17.8 Å². The summed E-state index contributed by atoms with van der Waals surface area (Å²) in [6.45, 7) is 4.60. The van der Waals surface area contributed by atoms with Crippen LogP contribution in [0.2, 0.25) is 0 Å². The molecule has 1 aliphatic heterocycles. The van der Waals surface area contributed by atoms with E-state index in [1.165, 1.54) is 12.1 Å². The molecular weight excluding hydrogens is 206 g/mol. The van der Waals surface area contributed by atoms with Crippen LogP contribution in [0.1, 0.15) is 26.7 Å². The second kappa shape index (κ2) is 5.81. The van der Waals surface area contributed by atoms with Gasteiger partial charge in [-0.25, -0.2) is 0 Å². The SMILES string of the molecule is CC(C)C(CC1C=CC=CC=C1)C1=NC=CC1. The molecule has 0 amide bonds. The summed E-state index contributed by atoms with van der Waals surface area (Å²) < 4.78 is 0. The highest BCUT2D eigenvalue weighted by Crippen LogP contribution is 2.27. The van der Waals surface area contributed by atoms with Crippen molar-refractivity contribution in [3.05, 3.63) is 48.7 Å². The van der Waals surface area contributed by atoms with Crippen LogP contribution in [0, 0.1) is 17.8 Å². The lowest BCUT2D eigenvalue weighted by Gasteiger charge is -2.23. The van der Waals surface area contributed by atoms with Gasteiger partial charge in [-0.3, -0.25) is 4.99 Å². The van der Waals surface area contributed by atoms with Crippen LogP contribution in [-0.2, 0) is 0 Å². The van der Waals surface area contributed by atoms with Crippen LogP contribution < -0.4 is 0 Å². The molecular formula is C16H21N. The van der Waals surface area contributed by atoms with Crippen LogP contribution >= 0.6 is 0 Å². The molecule has 0 aromatic rings. The molecule has 1 atom stereocenters. The maximum atomic E-state index is 4.52. The van der Waals surface area contributed by atoms with Crippen molar-refractivity contribution in [2.24, 2.45) is 22.7 Å². The molecule has 0 saturated heterocycles. The smallest absolute Gasteiger partial charge is 0.0251 e. The van der Waals surface area contributed by atoms with E-state index in [2.05, 4.69) is 61.4 Å². The summed E-state index contributed by atoms with van der Waals surface area (Å²) in [5.74, 6) is 1.80. The lowest BCUT2D eigenvalue weighted by atomic mass is 9.82. The van der Waals surface area contributed by atoms with Crippen LogP contribution in [-0.4, -0.2) is 5.71 Å². The highest BCUT2D eigenvalue weighted by atomic mass is 14.7. The van der Waals surface area contributed by atoms with Crippen LogP contribution in [0.15, 0.2) is 53.7 Å². The Morgan fingerprint density at radius 3 is 2.41 bits per heavy atom. The molecule has 0 aromatic carbocycles. The molecule has 1 unspecified atom stereocenters. The van der Waals surface area contributed by atoms with E-state index in [-0.39, 0.29) is 0 Å². The van der Waals surface area contributed by atoms with Crippen molar-refractivity contribution in [1.29, 1.82) is 0 Å². The van der Waals surface area contributed by atoms with Crippen molar-refractivity contribution in [2.45, 2.75) is 26.7 Å². The first-order valence-corrected chi connectivity index (χ1v) is 6.50. The van der Waals surface area contributed by atoms with E-state index in [4.69, 9.17) is 0 Å². The van der Waals surface area contributed by atoms with Gasteiger partial charge in [-0.2, -0.15) is 0 Å². The Morgan fingerprint density at radius 2 is 1.88 bits per heavy atom. The number of aliphatic imine (C=N–C) groups is 1. The molecule has 0 fully saturated rings. The lowest BCUT2D eigenvalue weighted by Crippen LogP contribution is -2.21. The molecule has 17 heavy (non-hydrogen) atoms. The van der Waals surface area contributed by atoms with Gasteiger partial charge in [0.1, 0.15) is 0 Å². The first-order valence-electron chi connectivity index (χ1n) is 6.50. The maximum Gasteiger partial charge on any atom is 0.0251 e. The largest absolute Gasteiger partial charge is 0.265 e. The Kier molecular flexibility index (Phi) is 4.13. The van der Waals surface area contributed by atoms with Gasteiger partial charge in [-0.1, -0.05) is 56.4 Å². The molecule has 0 spiro atoms. The summed E-state index contributed by atoms with van der Waals surface area (Å²) >= 11 is 0. The van der Waals surface area contributed by atoms with Crippen LogP contribution in [0.5, 0.6) is 0 Å². The average Bonchev–Trinajstić information content (AvgIpc) is 2.70. The van der Waals surface area contributed by atoms with Gasteiger partial charge < -0.3 is 0 Å². The minimum absolute atomic E-state index is 0.542. The number of hydrogen-bond acceptors (Lipinski definition) is 1. The Bertz CT molecular complexity index is 378. The molecule has 1 aliphatic carbocycles. The zero-order chi connectivity index (χ0) is 12.1. The van der Waals surface area contributed by atoms with Gasteiger partial charge in [-0.05, 0) is 18.3 Å². The zero-order valence-corrected chi connectivity index (χ0v) is 10.7. The fourth-order valence-electron chi connectivity index (χ4n) is 2.47. The molecule has 0 N–H and O–H groups in total. The Labute approximate surface area is 104 Å². The van der Waals surface area contributed by atoms with Gasteiger partial charge in [-0.15, -0.1) is 0 Å². The number of hydrogen-bond donors (Lipinski definition) is 0. The summed E-state index contributed by atoms with van der Waals surface area (Å²) in [5, 5.41) is 0. The first-order chi connectivity index (χ1) is 8.27. The molecule has 2 aliphatic rings. The monoisotopic (exact) mass is 227 g/mol. The van der Waals surface area contributed by atoms with E-state index in [9.17, 15) is 0 Å². The van der Waals surface area contributed by atoms with E-state index < -0.39 is 0 Å². The Morgan fingerprint density at radius 1 is 1.18 bits per heavy atom. The predicted octanol–water partition coefficient (Wildman–Crippen LogP) is 4.31. The van der Waals surface area contributed by atoms with Crippen molar-refractivity contribution in [3.63, 3.8) is 0 Å². The topological polar surface area (TPSA) is 12.4 Å². The normalized spacial score (nSPS) is 21.0. The third-order valence-corrected chi connectivity index (χ3v) is 3.48. The first kappa shape index (κ1) is 12.1. The fraction of sp³-hybridized carbons (Fsp3) is 0.438. The van der Waals surface area contributed by atoms with E-state index in [1.54, 1.807) is 0 Å². The highest BCUT2D eigenvalue weighted by Gasteiger charge is 2.22. The van der Waals surface area contributed by atoms with Crippen molar-refractivity contribution < 1.29 is 0 Å². The van der Waals surface area contributed by atoms with Crippen LogP contribution in [0.25, 0.3) is 0 Å². The number of rotatable bonds is 4. The zero-order valence-electron chi connectivity index (χ0n) is 10.7. The van der Waals surface area contributed by atoms with Gasteiger partial charge in [0.05, 0.1) is 0 Å². The summed E-state index contributed by atoms with van der Waals surface area (Å²) in [4.78, 5) is 4.52. The van der Waals surface area contributed by atoms with Crippen molar-refractivity contribution in [1.82, 2.24) is 0 Å². The van der Waals surface area contributed by atoms with Crippen LogP contribution in [0.4, 0.5) is 0 Å². The van der Waals surface area contributed by atoms with Gasteiger partial charge in [0, 0.05) is 24.3 Å². The average molecular weight is 227 g/mol. The highest BCUT2D eigenvalue weighted by molar-refractivity contribution is 5.90. The molecule has 2 rings (SSSR count). The molecule has 1 heteroatoms. The minimum atomic E-state index is 0.542. The molecule has 0 bridgehead atoms. The second-order valence-electron chi connectivity index (χ2n) is 5.11. The molecule has 0 saturated carbocycles. The van der Waals surface area contributed by atoms with Crippen LogP contribution in [0.3, 0.4) is 0 Å². The van der Waals surface area contributed by atoms with Gasteiger partial charge in [0.2, 0.25) is 0 Å². The maximum absolute atomic E-state index is 4.52. The summed E-state index contributed by atoms with van der Waals surface area (Å²) in [5.41, 5.74) is 1.36. The standard InChI is InChI=1S/C16H21N/c1-13(2)15(16-10-7-11-17-16)12-14-8-5-3-4-6-9-14/h3-9,11,13-15H,10,12H2,1-2H3. The molecule has 1 heterocycles. The summed E-state index contributed by atoms with van der Waals surface area (Å²) in [7, 11) is 0. The van der Waals surface area contributed by atoms with E-state index in [1.807, 2.05) is 6.20 Å². The third-order valence-electron chi connectivity index (χ3n) is 3.48. The van der Waals surface area contributed by atoms with E-state index in [0.717, 1.165) is 6.42 Å². The third kappa shape index (κ3) is 3.29. The van der Waals surface area contributed by atoms with Gasteiger partial charge in [0.25, 0.3) is 0 Å².